The van der Waals surface area contributed by atoms with Crippen LogP contribution in [0.1, 0.15) is 31.7 Å². The minimum atomic E-state index is -0.347. The van der Waals surface area contributed by atoms with Crippen molar-refractivity contribution >= 4 is 11.6 Å². The summed E-state index contributed by atoms with van der Waals surface area (Å²) < 4.78 is 13.0. The molecule has 2 rings (SSSR count). The van der Waals surface area contributed by atoms with Crippen molar-refractivity contribution in [1.82, 2.24) is 5.32 Å². The molecule has 1 aliphatic rings. The summed E-state index contributed by atoms with van der Waals surface area (Å²) in [4.78, 5) is 0. The van der Waals surface area contributed by atoms with Gasteiger partial charge in [-0.25, -0.2) is 4.39 Å². The average Bonchev–Trinajstić information content (AvgIpc) is 2.70. The van der Waals surface area contributed by atoms with Crippen molar-refractivity contribution < 1.29 is 4.39 Å². The number of benzene rings is 1. The molecule has 0 bridgehead atoms. The van der Waals surface area contributed by atoms with Gasteiger partial charge in [0.05, 0.1) is 5.02 Å². The van der Waals surface area contributed by atoms with E-state index in [-0.39, 0.29) is 10.8 Å². The van der Waals surface area contributed by atoms with E-state index in [1.165, 1.54) is 25.3 Å². The molecule has 3 heteroatoms. The summed E-state index contributed by atoms with van der Waals surface area (Å²) >= 11 is 5.74. The third-order valence-electron chi connectivity index (χ3n) is 3.55. The Morgan fingerprint density at radius 1 is 1.41 bits per heavy atom. The van der Waals surface area contributed by atoms with Crippen molar-refractivity contribution in [2.75, 3.05) is 6.54 Å². The lowest BCUT2D eigenvalue weighted by molar-refractivity contribution is 0.470. The quantitative estimate of drug-likeness (QED) is 0.857. The molecule has 2 unspecified atom stereocenters. The highest BCUT2D eigenvalue weighted by atomic mass is 35.5. The maximum Gasteiger partial charge on any atom is 0.141 e. The van der Waals surface area contributed by atoms with Crippen LogP contribution >= 0.6 is 11.6 Å². The zero-order chi connectivity index (χ0) is 12.3. The number of hydrogen-bond donors (Lipinski definition) is 1. The maximum atomic E-state index is 13.0. The van der Waals surface area contributed by atoms with Gasteiger partial charge in [-0.15, -0.1) is 0 Å². The van der Waals surface area contributed by atoms with Crippen LogP contribution < -0.4 is 5.32 Å². The standard InChI is InChI=1S/C14H19ClFN/c1-10-2-3-11(6-10)8-17-9-12-4-5-14(16)13(15)7-12/h4-5,7,10-11,17H,2-3,6,8-9H2,1H3. The largest absolute Gasteiger partial charge is 0.312 e. The predicted molar refractivity (Wildman–Crippen MR) is 69.6 cm³/mol. The SMILES string of the molecule is CC1CCC(CNCc2ccc(F)c(Cl)c2)C1. The van der Waals surface area contributed by atoms with E-state index in [1.54, 1.807) is 12.1 Å². The Morgan fingerprint density at radius 3 is 2.88 bits per heavy atom. The molecule has 1 N–H and O–H groups in total. The minimum Gasteiger partial charge on any atom is -0.312 e. The molecule has 0 heterocycles. The molecule has 0 aromatic heterocycles. The first-order valence-corrected chi connectivity index (χ1v) is 6.67. The Balaban J connectivity index is 1.76. The van der Waals surface area contributed by atoms with Gasteiger partial charge in [0, 0.05) is 6.54 Å². The monoisotopic (exact) mass is 255 g/mol. The van der Waals surface area contributed by atoms with E-state index < -0.39 is 0 Å². The van der Waals surface area contributed by atoms with Gasteiger partial charge in [-0.3, -0.25) is 0 Å². The van der Waals surface area contributed by atoms with Crippen LogP contribution in [0.25, 0.3) is 0 Å². The fourth-order valence-corrected chi connectivity index (χ4v) is 2.78. The van der Waals surface area contributed by atoms with Crippen molar-refractivity contribution in [3.05, 3.63) is 34.6 Å². The predicted octanol–water partition coefficient (Wildman–Crippen LogP) is 4.00. The second-order valence-corrected chi connectivity index (χ2v) is 5.57. The zero-order valence-corrected chi connectivity index (χ0v) is 10.9. The second-order valence-electron chi connectivity index (χ2n) is 5.16. The van der Waals surface area contributed by atoms with Gasteiger partial charge >= 0.3 is 0 Å². The molecule has 1 saturated carbocycles. The van der Waals surface area contributed by atoms with E-state index >= 15 is 0 Å². The van der Waals surface area contributed by atoms with Crippen LogP contribution in [0.5, 0.6) is 0 Å². The second kappa shape index (κ2) is 5.83. The van der Waals surface area contributed by atoms with E-state index in [0.717, 1.165) is 30.5 Å². The first-order valence-electron chi connectivity index (χ1n) is 6.30. The smallest absolute Gasteiger partial charge is 0.141 e. The van der Waals surface area contributed by atoms with Crippen molar-refractivity contribution in [2.45, 2.75) is 32.7 Å². The lowest BCUT2D eigenvalue weighted by Gasteiger charge is -2.11. The van der Waals surface area contributed by atoms with Crippen molar-refractivity contribution in [3.63, 3.8) is 0 Å². The van der Waals surface area contributed by atoms with Crippen LogP contribution in [0.15, 0.2) is 18.2 Å². The number of rotatable bonds is 4. The summed E-state index contributed by atoms with van der Waals surface area (Å²) in [5.74, 6) is 1.34. The molecule has 1 aromatic carbocycles. The molecule has 1 aromatic rings. The molecule has 0 aliphatic heterocycles. The summed E-state index contributed by atoms with van der Waals surface area (Å²) in [7, 11) is 0. The molecule has 0 spiro atoms. The molecule has 17 heavy (non-hydrogen) atoms. The average molecular weight is 256 g/mol. The molecule has 1 fully saturated rings. The van der Waals surface area contributed by atoms with E-state index in [2.05, 4.69) is 12.2 Å². The fourth-order valence-electron chi connectivity index (χ4n) is 2.58. The van der Waals surface area contributed by atoms with Gasteiger partial charge in [-0.05, 0) is 48.9 Å². The molecular weight excluding hydrogens is 237 g/mol. The van der Waals surface area contributed by atoms with Crippen LogP contribution in [0.3, 0.4) is 0 Å². The fraction of sp³-hybridized carbons (Fsp3) is 0.571. The Hall–Kier alpha value is -0.600. The normalized spacial score (nSPS) is 24.2. The molecule has 1 aliphatic carbocycles. The highest BCUT2D eigenvalue weighted by Gasteiger charge is 2.20. The summed E-state index contributed by atoms with van der Waals surface area (Å²) in [6, 6.07) is 4.91. The summed E-state index contributed by atoms with van der Waals surface area (Å²) in [6.45, 7) is 4.14. The van der Waals surface area contributed by atoms with E-state index in [9.17, 15) is 4.39 Å². The molecule has 0 saturated heterocycles. The van der Waals surface area contributed by atoms with Gasteiger partial charge in [0.2, 0.25) is 0 Å². The molecular formula is C14H19ClFN. The van der Waals surface area contributed by atoms with Gasteiger partial charge in [-0.2, -0.15) is 0 Å². The number of nitrogens with one attached hydrogen (secondary N) is 1. The topological polar surface area (TPSA) is 12.0 Å². The van der Waals surface area contributed by atoms with E-state index in [1.807, 2.05) is 0 Å². The Kier molecular flexibility index (Phi) is 4.41. The third kappa shape index (κ3) is 3.68. The van der Waals surface area contributed by atoms with Crippen molar-refractivity contribution in [3.8, 4) is 0 Å². The molecule has 2 atom stereocenters. The van der Waals surface area contributed by atoms with Crippen LogP contribution in [0.2, 0.25) is 5.02 Å². The summed E-state index contributed by atoms with van der Waals surface area (Å²) in [5.41, 5.74) is 1.04. The molecule has 1 nitrogen and oxygen atoms in total. The lowest BCUT2D eigenvalue weighted by Crippen LogP contribution is -2.20. The van der Waals surface area contributed by atoms with Gasteiger partial charge < -0.3 is 5.32 Å². The first-order chi connectivity index (χ1) is 8.15. The summed E-state index contributed by atoms with van der Waals surface area (Å²) in [6.07, 6.45) is 4.02. The number of halogens is 2. The van der Waals surface area contributed by atoms with Crippen LogP contribution in [0.4, 0.5) is 4.39 Å². The van der Waals surface area contributed by atoms with Gasteiger partial charge in [0.15, 0.2) is 0 Å². The highest BCUT2D eigenvalue weighted by Crippen LogP contribution is 2.29. The van der Waals surface area contributed by atoms with E-state index in [4.69, 9.17) is 11.6 Å². The third-order valence-corrected chi connectivity index (χ3v) is 3.84. The van der Waals surface area contributed by atoms with Crippen LogP contribution in [-0.4, -0.2) is 6.54 Å². The molecule has 94 valence electrons. The van der Waals surface area contributed by atoms with Crippen molar-refractivity contribution in [1.29, 1.82) is 0 Å². The minimum absolute atomic E-state index is 0.207. The Morgan fingerprint density at radius 2 is 2.24 bits per heavy atom. The molecule has 0 amide bonds. The Bertz CT molecular complexity index is 380. The zero-order valence-electron chi connectivity index (χ0n) is 10.2. The van der Waals surface area contributed by atoms with Crippen molar-refractivity contribution in [2.24, 2.45) is 11.8 Å². The van der Waals surface area contributed by atoms with Gasteiger partial charge in [0.25, 0.3) is 0 Å². The molecule has 0 radical (unpaired) electrons. The summed E-state index contributed by atoms with van der Waals surface area (Å²) in [5, 5.41) is 3.64. The van der Waals surface area contributed by atoms with Crippen LogP contribution in [-0.2, 0) is 6.54 Å². The van der Waals surface area contributed by atoms with E-state index in [0.29, 0.717) is 0 Å². The van der Waals surface area contributed by atoms with Gasteiger partial charge in [0.1, 0.15) is 5.82 Å². The Labute approximate surface area is 107 Å². The number of hydrogen-bond acceptors (Lipinski definition) is 1. The lowest BCUT2D eigenvalue weighted by atomic mass is 10.1. The van der Waals surface area contributed by atoms with Crippen LogP contribution in [0, 0.1) is 17.7 Å². The first kappa shape index (κ1) is 12.8. The maximum absolute atomic E-state index is 13.0. The van der Waals surface area contributed by atoms with Gasteiger partial charge in [-0.1, -0.05) is 31.0 Å². The highest BCUT2D eigenvalue weighted by molar-refractivity contribution is 6.30.